The molecule has 1 heterocycles. The van der Waals surface area contributed by atoms with E-state index in [9.17, 15) is 28.1 Å². The van der Waals surface area contributed by atoms with Crippen LogP contribution in [0.25, 0.3) is 6.08 Å². The second-order valence-electron chi connectivity index (χ2n) is 6.73. The van der Waals surface area contributed by atoms with Crippen molar-refractivity contribution in [2.75, 3.05) is 13.1 Å². The zero-order valence-electron chi connectivity index (χ0n) is 16.4. The van der Waals surface area contributed by atoms with Gasteiger partial charge in [0.1, 0.15) is 0 Å². The zero-order valence-corrected chi connectivity index (χ0v) is 17.2. The highest BCUT2D eigenvalue weighted by molar-refractivity contribution is 7.89. The number of sulfonamides is 1. The summed E-state index contributed by atoms with van der Waals surface area (Å²) >= 11 is 0. The predicted molar refractivity (Wildman–Crippen MR) is 112 cm³/mol. The van der Waals surface area contributed by atoms with E-state index in [0.29, 0.717) is 13.1 Å². The Morgan fingerprint density at radius 1 is 1.03 bits per heavy atom. The van der Waals surface area contributed by atoms with Gasteiger partial charge in [-0.05, 0) is 43.2 Å². The summed E-state index contributed by atoms with van der Waals surface area (Å²) in [5, 5.41) is 11.0. The minimum absolute atomic E-state index is 0.00431. The Kier molecular flexibility index (Phi) is 6.78. The maximum Gasteiger partial charge on any atom is 0.276 e. The largest absolute Gasteiger partial charge is 0.276 e. The van der Waals surface area contributed by atoms with E-state index in [-0.39, 0.29) is 21.7 Å². The molecule has 0 saturated carbocycles. The smallest absolute Gasteiger partial charge is 0.268 e. The first kappa shape index (κ1) is 22.1. The number of carbonyl (C=O) groups excluding carboxylic acids is 2. The van der Waals surface area contributed by atoms with E-state index in [4.69, 9.17) is 0 Å². The zero-order chi connectivity index (χ0) is 22.4. The maximum absolute atomic E-state index is 12.6. The highest BCUT2D eigenvalue weighted by Crippen LogP contribution is 2.21. The lowest BCUT2D eigenvalue weighted by Crippen LogP contribution is -2.40. The Bertz CT molecular complexity index is 1140. The van der Waals surface area contributed by atoms with Crippen molar-refractivity contribution in [2.45, 2.75) is 17.7 Å². The Morgan fingerprint density at radius 3 is 2.45 bits per heavy atom. The average molecular weight is 444 g/mol. The molecule has 1 aliphatic rings. The maximum atomic E-state index is 12.6. The van der Waals surface area contributed by atoms with Crippen molar-refractivity contribution < 1.29 is 22.9 Å². The minimum Gasteiger partial charge on any atom is -0.268 e. The monoisotopic (exact) mass is 444 g/mol. The molecule has 31 heavy (non-hydrogen) atoms. The SMILES string of the molecule is O=C(/C=C/c1ccccc1[N+](=O)[O-])NNC(=O)c1cccc(S(=O)(=O)N2CCCC2)c1. The molecule has 2 aromatic carbocycles. The number of nitro benzene ring substituents is 1. The Balaban J connectivity index is 1.63. The van der Waals surface area contributed by atoms with Gasteiger partial charge in [-0.2, -0.15) is 4.31 Å². The number of nitro groups is 1. The van der Waals surface area contributed by atoms with Crippen LogP contribution in [-0.4, -0.2) is 42.6 Å². The van der Waals surface area contributed by atoms with E-state index in [2.05, 4.69) is 10.9 Å². The first-order valence-electron chi connectivity index (χ1n) is 9.41. The summed E-state index contributed by atoms with van der Waals surface area (Å²) in [5.74, 6) is -1.42. The van der Waals surface area contributed by atoms with Crippen molar-refractivity contribution in [3.63, 3.8) is 0 Å². The molecule has 0 unspecified atom stereocenters. The van der Waals surface area contributed by atoms with Gasteiger partial charge in [0, 0.05) is 30.8 Å². The van der Waals surface area contributed by atoms with E-state index in [1.165, 1.54) is 52.8 Å². The Labute approximate surface area is 178 Å². The number of amides is 2. The van der Waals surface area contributed by atoms with Crippen LogP contribution in [0, 0.1) is 10.1 Å². The fraction of sp³-hybridized carbons (Fsp3) is 0.200. The molecule has 0 radical (unpaired) electrons. The Hall–Kier alpha value is -3.57. The molecule has 11 heteroatoms. The molecule has 2 aromatic rings. The first-order valence-corrected chi connectivity index (χ1v) is 10.8. The minimum atomic E-state index is -3.68. The summed E-state index contributed by atoms with van der Waals surface area (Å²) in [6.07, 6.45) is 3.88. The second-order valence-corrected chi connectivity index (χ2v) is 8.67. The fourth-order valence-corrected chi connectivity index (χ4v) is 4.63. The van der Waals surface area contributed by atoms with E-state index in [1.54, 1.807) is 6.07 Å². The van der Waals surface area contributed by atoms with E-state index >= 15 is 0 Å². The number of hydrogen-bond acceptors (Lipinski definition) is 6. The third-order valence-corrected chi connectivity index (χ3v) is 6.54. The molecule has 0 atom stereocenters. The van der Waals surface area contributed by atoms with Crippen LogP contribution >= 0.6 is 0 Å². The van der Waals surface area contributed by atoms with Gasteiger partial charge in [-0.3, -0.25) is 30.6 Å². The summed E-state index contributed by atoms with van der Waals surface area (Å²) in [4.78, 5) is 34.7. The van der Waals surface area contributed by atoms with E-state index in [0.717, 1.165) is 18.9 Å². The number of rotatable bonds is 6. The molecule has 162 valence electrons. The summed E-state index contributed by atoms with van der Waals surface area (Å²) in [6.45, 7) is 0.890. The number of para-hydroxylation sites is 1. The van der Waals surface area contributed by atoms with Gasteiger partial charge < -0.3 is 0 Å². The number of carbonyl (C=O) groups is 2. The molecule has 0 aromatic heterocycles. The van der Waals surface area contributed by atoms with Gasteiger partial charge in [0.2, 0.25) is 10.0 Å². The molecule has 1 saturated heterocycles. The van der Waals surface area contributed by atoms with Crippen molar-refractivity contribution in [3.8, 4) is 0 Å². The van der Waals surface area contributed by atoms with Gasteiger partial charge in [0.25, 0.3) is 17.5 Å². The van der Waals surface area contributed by atoms with Crippen LogP contribution in [0.5, 0.6) is 0 Å². The van der Waals surface area contributed by atoms with Gasteiger partial charge in [0.05, 0.1) is 15.4 Å². The summed E-state index contributed by atoms with van der Waals surface area (Å²) in [5.41, 5.74) is 4.48. The number of benzene rings is 2. The summed E-state index contributed by atoms with van der Waals surface area (Å²) in [6, 6.07) is 11.4. The van der Waals surface area contributed by atoms with Crippen LogP contribution in [-0.2, 0) is 14.8 Å². The van der Waals surface area contributed by atoms with Gasteiger partial charge in [-0.25, -0.2) is 8.42 Å². The third kappa shape index (κ3) is 5.32. The molecule has 0 spiro atoms. The number of hydrogen-bond donors (Lipinski definition) is 2. The molecule has 1 aliphatic heterocycles. The Morgan fingerprint density at radius 2 is 1.74 bits per heavy atom. The molecule has 10 nitrogen and oxygen atoms in total. The van der Waals surface area contributed by atoms with Crippen LogP contribution in [0.3, 0.4) is 0 Å². The quantitative estimate of drug-likeness (QED) is 0.396. The third-order valence-electron chi connectivity index (χ3n) is 4.65. The lowest BCUT2D eigenvalue weighted by molar-refractivity contribution is -0.385. The number of hydrazine groups is 1. The number of nitrogens with one attached hydrogen (secondary N) is 2. The molecule has 0 bridgehead atoms. The van der Waals surface area contributed by atoms with Crippen LogP contribution < -0.4 is 10.9 Å². The molecular weight excluding hydrogens is 424 g/mol. The average Bonchev–Trinajstić information content (AvgIpc) is 3.32. The van der Waals surface area contributed by atoms with Crippen LogP contribution in [0.15, 0.2) is 59.5 Å². The van der Waals surface area contributed by atoms with Crippen LogP contribution in [0.1, 0.15) is 28.8 Å². The molecule has 3 rings (SSSR count). The lowest BCUT2D eigenvalue weighted by Gasteiger charge is -2.16. The fourth-order valence-electron chi connectivity index (χ4n) is 3.07. The van der Waals surface area contributed by atoms with Gasteiger partial charge in [-0.1, -0.05) is 18.2 Å². The standard InChI is InChI=1S/C20H20N4O6S/c25-19(11-10-15-6-1-2-9-18(15)24(27)28)21-22-20(26)16-7-5-8-17(14-16)31(29,30)23-12-3-4-13-23/h1-2,5-11,14H,3-4,12-13H2,(H,21,25)(H,22,26)/b11-10+. The highest BCUT2D eigenvalue weighted by Gasteiger charge is 2.27. The van der Waals surface area contributed by atoms with Gasteiger partial charge in [-0.15, -0.1) is 0 Å². The molecule has 1 fully saturated rings. The predicted octanol–water partition coefficient (Wildman–Crippen LogP) is 1.85. The molecule has 2 amide bonds. The summed E-state index contributed by atoms with van der Waals surface area (Å²) in [7, 11) is -3.68. The van der Waals surface area contributed by atoms with Crippen molar-refractivity contribution in [3.05, 3.63) is 75.8 Å². The highest BCUT2D eigenvalue weighted by atomic mass is 32.2. The van der Waals surface area contributed by atoms with Crippen molar-refractivity contribution >= 4 is 33.6 Å². The van der Waals surface area contributed by atoms with Crippen LogP contribution in [0.4, 0.5) is 5.69 Å². The van der Waals surface area contributed by atoms with Gasteiger partial charge in [0.15, 0.2) is 0 Å². The molecule has 2 N–H and O–H groups in total. The van der Waals surface area contributed by atoms with Crippen molar-refractivity contribution in [2.24, 2.45) is 0 Å². The lowest BCUT2D eigenvalue weighted by atomic mass is 10.1. The van der Waals surface area contributed by atoms with Gasteiger partial charge >= 0.3 is 0 Å². The van der Waals surface area contributed by atoms with E-state index in [1.807, 2.05) is 0 Å². The van der Waals surface area contributed by atoms with Crippen molar-refractivity contribution in [1.29, 1.82) is 0 Å². The van der Waals surface area contributed by atoms with Crippen LogP contribution in [0.2, 0.25) is 0 Å². The molecule has 0 aliphatic carbocycles. The summed E-state index contributed by atoms with van der Waals surface area (Å²) < 4.78 is 26.7. The number of nitrogens with zero attached hydrogens (tertiary/aromatic N) is 2. The normalized spacial score (nSPS) is 14.5. The van der Waals surface area contributed by atoms with Crippen molar-refractivity contribution in [1.82, 2.24) is 15.2 Å². The topological polar surface area (TPSA) is 139 Å². The molecular formula is C20H20N4O6S. The van der Waals surface area contributed by atoms with E-state index < -0.39 is 26.8 Å². The second kappa shape index (κ2) is 9.49. The first-order chi connectivity index (χ1) is 14.8.